The quantitative estimate of drug-likeness (QED) is 0.344. The van der Waals surface area contributed by atoms with Gasteiger partial charge in [0.25, 0.3) is 0 Å². The normalized spacial score (nSPS) is 10.4. The Morgan fingerprint density at radius 1 is 0.406 bits per heavy atom. The Kier molecular flexibility index (Phi) is 5.85. The van der Waals surface area contributed by atoms with Crippen LogP contribution in [0.15, 0.2) is 97.1 Å². The third-order valence-electron chi connectivity index (χ3n) is 4.70. The summed E-state index contributed by atoms with van der Waals surface area (Å²) in [4.78, 5) is 48.9. The van der Waals surface area contributed by atoms with Gasteiger partial charge in [-0.15, -0.1) is 0 Å². The van der Waals surface area contributed by atoms with Crippen molar-refractivity contribution in [2.45, 2.75) is 0 Å². The van der Waals surface area contributed by atoms with Gasteiger partial charge < -0.3 is 9.47 Å². The van der Waals surface area contributed by atoms with E-state index in [0.29, 0.717) is 10.8 Å². The smallest absolute Gasteiger partial charge is 0.346 e. The number of rotatable bonds is 4. The summed E-state index contributed by atoms with van der Waals surface area (Å²) in [6.07, 6.45) is 0. The second-order valence-corrected chi connectivity index (χ2v) is 6.86. The molecule has 0 aliphatic rings. The number of hydrogen-bond donors (Lipinski definition) is 0. The molecule has 156 valence electrons. The molecule has 4 aromatic carbocycles. The third kappa shape index (κ3) is 4.60. The van der Waals surface area contributed by atoms with E-state index in [4.69, 9.17) is 9.47 Å². The molecule has 0 bridgehead atoms. The molecule has 0 unspecified atom stereocenters. The van der Waals surface area contributed by atoms with Crippen LogP contribution in [0.25, 0.3) is 10.8 Å². The van der Waals surface area contributed by atoms with Crippen LogP contribution in [-0.4, -0.2) is 23.9 Å². The van der Waals surface area contributed by atoms with Gasteiger partial charge in [-0.25, -0.2) is 19.2 Å². The van der Waals surface area contributed by atoms with Gasteiger partial charge in [0.05, 0.1) is 22.3 Å². The minimum absolute atomic E-state index is 0.191. The summed E-state index contributed by atoms with van der Waals surface area (Å²) < 4.78 is 9.86. The average molecular weight is 424 g/mol. The van der Waals surface area contributed by atoms with E-state index in [1.807, 2.05) is 0 Å². The zero-order valence-electron chi connectivity index (χ0n) is 16.7. The van der Waals surface area contributed by atoms with E-state index in [-0.39, 0.29) is 22.3 Å². The predicted octanol–water partition coefficient (Wildman–Crippen LogP) is 4.83. The molecule has 0 amide bonds. The minimum atomic E-state index is -0.780. The van der Waals surface area contributed by atoms with Gasteiger partial charge in [-0.3, -0.25) is 0 Å². The molecule has 32 heavy (non-hydrogen) atoms. The number of esters is 4. The van der Waals surface area contributed by atoms with E-state index in [1.165, 1.54) is 12.1 Å². The Morgan fingerprint density at radius 2 is 0.750 bits per heavy atom. The van der Waals surface area contributed by atoms with Gasteiger partial charge >= 0.3 is 23.9 Å². The van der Waals surface area contributed by atoms with Crippen molar-refractivity contribution in [1.29, 1.82) is 0 Å². The first-order chi connectivity index (χ1) is 15.5. The van der Waals surface area contributed by atoms with Crippen LogP contribution >= 0.6 is 0 Å². The second-order valence-electron chi connectivity index (χ2n) is 6.86. The number of benzene rings is 4. The third-order valence-corrected chi connectivity index (χ3v) is 4.70. The lowest BCUT2D eigenvalue weighted by Crippen LogP contribution is -2.13. The van der Waals surface area contributed by atoms with Crippen molar-refractivity contribution in [3.63, 3.8) is 0 Å². The first-order valence-corrected chi connectivity index (χ1v) is 9.68. The standard InChI is InChI=1S/C26H16O6/c27-23(17-7-3-1-4-8-17)31-25(29)21-13-11-20-16-22(14-12-19(20)15-21)26(30)32-24(28)18-9-5-2-6-10-18/h1-16H. The summed E-state index contributed by atoms with van der Waals surface area (Å²) >= 11 is 0. The Bertz CT molecular complexity index is 1220. The van der Waals surface area contributed by atoms with Gasteiger partial charge in [0.15, 0.2) is 0 Å². The van der Waals surface area contributed by atoms with E-state index in [0.717, 1.165) is 0 Å². The van der Waals surface area contributed by atoms with Crippen LogP contribution in [0.2, 0.25) is 0 Å². The van der Waals surface area contributed by atoms with E-state index < -0.39 is 23.9 Å². The largest absolute Gasteiger partial charge is 0.386 e. The van der Waals surface area contributed by atoms with Crippen molar-refractivity contribution in [2.75, 3.05) is 0 Å². The van der Waals surface area contributed by atoms with E-state index in [2.05, 4.69) is 0 Å². The maximum atomic E-state index is 12.3. The first kappa shape index (κ1) is 20.7. The summed E-state index contributed by atoms with van der Waals surface area (Å²) in [6, 6.07) is 25.8. The van der Waals surface area contributed by atoms with Gasteiger partial charge in [-0.2, -0.15) is 0 Å². The first-order valence-electron chi connectivity index (χ1n) is 9.68. The zero-order valence-corrected chi connectivity index (χ0v) is 16.7. The van der Waals surface area contributed by atoms with Crippen LogP contribution < -0.4 is 0 Å². The van der Waals surface area contributed by atoms with Crippen molar-refractivity contribution < 1.29 is 28.7 Å². The predicted molar refractivity (Wildman–Crippen MR) is 116 cm³/mol. The van der Waals surface area contributed by atoms with E-state index in [1.54, 1.807) is 84.9 Å². The van der Waals surface area contributed by atoms with Crippen LogP contribution in [0.3, 0.4) is 0 Å². The molecule has 0 heterocycles. The van der Waals surface area contributed by atoms with Crippen molar-refractivity contribution in [2.24, 2.45) is 0 Å². The Labute approximate surface area is 183 Å². The maximum Gasteiger partial charge on any atom is 0.346 e. The number of ether oxygens (including phenoxy) is 2. The highest BCUT2D eigenvalue weighted by molar-refractivity contribution is 6.06. The molecule has 0 spiro atoms. The second kappa shape index (κ2) is 9.06. The molecule has 0 aliphatic carbocycles. The Balaban J connectivity index is 1.48. The average Bonchev–Trinajstić information content (AvgIpc) is 2.84. The van der Waals surface area contributed by atoms with Crippen molar-refractivity contribution in [3.8, 4) is 0 Å². The fourth-order valence-corrected chi connectivity index (χ4v) is 3.05. The Morgan fingerprint density at radius 3 is 1.12 bits per heavy atom. The SMILES string of the molecule is O=C(OC(=O)c1ccc2cc(C(=O)OC(=O)c3ccccc3)ccc2c1)c1ccccc1. The number of carbonyl (C=O) groups is 4. The molecule has 0 fully saturated rings. The van der Waals surface area contributed by atoms with Crippen molar-refractivity contribution >= 4 is 34.6 Å². The van der Waals surface area contributed by atoms with Gasteiger partial charge in [-0.05, 0) is 59.3 Å². The minimum Gasteiger partial charge on any atom is -0.386 e. The van der Waals surface area contributed by atoms with Crippen LogP contribution in [0.1, 0.15) is 41.4 Å². The summed E-state index contributed by atoms with van der Waals surface area (Å²) in [5.74, 6) is -3.04. The zero-order chi connectivity index (χ0) is 22.5. The molecule has 0 N–H and O–H groups in total. The van der Waals surface area contributed by atoms with Gasteiger partial charge in [0, 0.05) is 0 Å². The highest BCUT2D eigenvalue weighted by Crippen LogP contribution is 2.20. The summed E-state index contributed by atoms with van der Waals surface area (Å²) in [6.45, 7) is 0. The van der Waals surface area contributed by atoms with E-state index in [9.17, 15) is 19.2 Å². The van der Waals surface area contributed by atoms with Gasteiger partial charge in [0.1, 0.15) is 0 Å². The lowest BCUT2D eigenvalue weighted by Gasteiger charge is -2.07. The molecule has 6 nitrogen and oxygen atoms in total. The molecule has 0 saturated heterocycles. The summed E-state index contributed by atoms with van der Waals surface area (Å²) in [5, 5.41) is 1.30. The lowest BCUT2D eigenvalue weighted by atomic mass is 10.0. The lowest BCUT2D eigenvalue weighted by molar-refractivity contribution is 0.0380. The van der Waals surface area contributed by atoms with Crippen molar-refractivity contribution in [3.05, 3.63) is 119 Å². The van der Waals surface area contributed by atoms with E-state index >= 15 is 0 Å². The van der Waals surface area contributed by atoms with Gasteiger partial charge in [-0.1, -0.05) is 48.5 Å². The van der Waals surface area contributed by atoms with Crippen LogP contribution in [0.5, 0.6) is 0 Å². The molecule has 4 rings (SSSR count). The summed E-state index contributed by atoms with van der Waals surface area (Å²) in [7, 11) is 0. The number of fused-ring (bicyclic) bond motifs is 1. The molecule has 0 saturated carbocycles. The molecular weight excluding hydrogens is 408 g/mol. The van der Waals surface area contributed by atoms with Crippen LogP contribution in [-0.2, 0) is 9.47 Å². The summed E-state index contributed by atoms with van der Waals surface area (Å²) in [5.41, 5.74) is 0.928. The van der Waals surface area contributed by atoms with Crippen LogP contribution in [0, 0.1) is 0 Å². The van der Waals surface area contributed by atoms with Crippen molar-refractivity contribution in [1.82, 2.24) is 0 Å². The monoisotopic (exact) mass is 424 g/mol. The molecule has 6 heteroatoms. The molecule has 4 aromatic rings. The van der Waals surface area contributed by atoms with Gasteiger partial charge in [0.2, 0.25) is 0 Å². The number of carbonyl (C=O) groups excluding carboxylic acids is 4. The molecular formula is C26H16O6. The Hall–Kier alpha value is -4.58. The molecule has 0 atom stereocenters. The maximum absolute atomic E-state index is 12.3. The molecule has 0 radical (unpaired) electrons. The van der Waals surface area contributed by atoms with Crippen LogP contribution in [0.4, 0.5) is 0 Å². The highest BCUT2D eigenvalue weighted by atomic mass is 16.6. The fraction of sp³-hybridized carbons (Fsp3) is 0. The highest BCUT2D eigenvalue weighted by Gasteiger charge is 2.17. The number of hydrogen-bond acceptors (Lipinski definition) is 6. The topological polar surface area (TPSA) is 86.7 Å². The molecule has 0 aromatic heterocycles. The molecule has 0 aliphatic heterocycles. The fourth-order valence-electron chi connectivity index (χ4n) is 3.05.